The monoisotopic (exact) mass is 498 g/mol. The standard InChI is InChI=1S/C26H21F7O2/c1-3-13(2)35-24-22-14(8-9-26(31,32)33)4-5-16(19(22)12-25(24,29)30)17-6-7-21(34)18-10-15(27)11-20(28)23(17)18/h4-5,10-11,17,24H,1,6-9,12H2,2H3/t17?,24-/m0/s1. The molecule has 4 rings (SSSR count). The van der Waals surface area contributed by atoms with Crippen LogP contribution in [0.4, 0.5) is 30.7 Å². The molecule has 1 unspecified atom stereocenters. The van der Waals surface area contributed by atoms with Gasteiger partial charge in [0.25, 0.3) is 5.92 Å². The Hall–Kier alpha value is -3.06. The fourth-order valence-corrected chi connectivity index (χ4v) is 5.01. The van der Waals surface area contributed by atoms with Crippen molar-refractivity contribution < 1.29 is 40.3 Å². The number of aryl methyl sites for hydroxylation is 1. The summed E-state index contributed by atoms with van der Waals surface area (Å²) < 4.78 is 103. The minimum atomic E-state index is -4.50. The van der Waals surface area contributed by atoms with E-state index < -0.39 is 60.8 Å². The number of hydrogen-bond donors (Lipinski definition) is 0. The number of carbonyl (C=O) groups excluding carboxylic acids is 1. The van der Waals surface area contributed by atoms with Crippen LogP contribution in [-0.4, -0.2) is 17.9 Å². The first-order valence-corrected chi connectivity index (χ1v) is 11.0. The highest BCUT2D eigenvalue weighted by Gasteiger charge is 2.52. The molecule has 0 heterocycles. The molecule has 186 valence electrons. The van der Waals surface area contributed by atoms with Crippen molar-refractivity contribution in [3.05, 3.63) is 87.3 Å². The molecular weight excluding hydrogens is 477 g/mol. The second-order valence-corrected chi connectivity index (χ2v) is 8.85. The van der Waals surface area contributed by atoms with Crippen molar-refractivity contribution in [3.63, 3.8) is 0 Å². The summed E-state index contributed by atoms with van der Waals surface area (Å²) in [7, 11) is 0. The number of ketones is 1. The van der Waals surface area contributed by atoms with E-state index in [0.717, 1.165) is 6.07 Å². The van der Waals surface area contributed by atoms with Crippen LogP contribution in [-0.2, 0) is 17.6 Å². The molecule has 0 bridgehead atoms. The van der Waals surface area contributed by atoms with Crippen molar-refractivity contribution in [2.24, 2.45) is 0 Å². The summed E-state index contributed by atoms with van der Waals surface area (Å²) in [6, 6.07) is 4.28. The molecule has 0 radical (unpaired) electrons. The topological polar surface area (TPSA) is 26.3 Å². The Morgan fingerprint density at radius 1 is 1.20 bits per heavy atom. The molecule has 2 aliphatic rings. The average Bonchev–Trinajstić information content (AvgIpc) is 3.02. The molecule has 2 aromatic rings. The van der Waals surface area contributed by atoms with Gasteiger partial charge in [-0.05, 0) is 35.6 Å². The molecule has 0 saturated carbocycles. The van der Waals surface area contributed by atoms with E-state index in [-0.39, 0.29) is 52.0 Å². The van der Waals surface area contributed by atoms with Crippen LogP contribution in [0.15, 0.2) is 42.3 Å². The van der Waals surface area contributed by atoms with Crippen LogP contribution in [0.2, 0.25) is 0 Å². The molecular formula is C26H21F7O2. The van der Waals surface area contributed by atoms with Gasteiger partial charge < -0.3 is 4.74 Å². The van der Waals surface area contributed by atoms with Gasteiger partial charge in [0, 0.05) is 54.9 Å². The number of hydrogen-bond acceptors (Lipinski definition) is 2. The minimum absolute atomic E-state index is 0.0480. The maximum absolute atomic E-state index is 15.2. The number of halogens is 7. The predicted molar refractivity (Wildman–Crippen MR) is 113 cm³/mol. The first-order valence-electron chi connectivity index (χ1n) is 11.0. The van der Waals surface area contributed by atoms with Crippen molar-refractivity contribution in [2.75, 3.05) is 0 Å². The average molecular weight is 498 g/mol. The zero-order valence-electron chi connectivity index (χ0n) is 18.7. The summed E-state index contributed by atoms with van der Waals surface area (Å²) in [6.45, 7) is 4.71. The van der Waals surface area contributed by atoms with Crippen LogP contribution in [0.5, 0.6) is 0 Å². The van der Waals surface area contributed by atoms with Gasteiger partial charge in [-0.2, -0.15) is 13.2 Å². The zero-order valence-corrected chi connectivity index (χ0v) is 18.7. The first kappa shape index (κ1) is 25.0. The molecule has 0 spiro atoms. The quantitative estimate of drug-likeness (QED) is 0.242. The maximum atomic E-state index is 15.2. The highest BCUT2D eigenvalue weighted by atomic mass is 19.4. The summed E-state index contributed by atoms with van der Waals surface area (Å²) in [6.07, 6.45) is -8.95. The lowest BCUT2D eigenvalue weighted by atomic mass is 9.75. The molecule has 0 aliphatic heterocycles. The number of rotatable bonds is 5. The summed E-state index contributed by atoms with van der Waals surface area (Å²) in [5.74, 6) is -6.75. The lowest BCUT2D eigenvalue weighted by Gasteiger charge is -2.28. The van der Waals surface area contributed by atoms with Crippen LogP contribution < -0.4 is 0 Å². The first-order chi connectivity index (χ1) is 16.3. The van der Waals surface area contributed by atoms with E-state index >= 15 is 8.78 Å². The number of allylic oxidation sites excluding steroid dienone is 1. The number of fused-ring (bicyclic) bond motifs is 2. The normalized spacial score (nSPS) is 20.7. The van der Waals surface area contributed by atoms with E-state index in [1.165, 1.54) is 19.1 Å². The molecule has 9 heteroatoms. The van der Waals surface area contributed by atoms with Gasteiger partial charge >= 0.3 is 6.18 Å². The molecule has 35 heavy (non-hydrogen) atoms. The molecule has 2 aliphatic carbocycles. The third-order valence-corrected chi connectivity index (χ3v) is 6.54. The Bertz CT molecular complexity index is 1240. The molecule has 2 nitrogen and oxygen atoms in total. The van der Waals surface area contributed by atoms with Crippen LogP contribution >= 0.6 is 0 Å². The summed E-state index contributed by atoms with van der Waals surface area (Å²) in [4.78, 5) is 12.3. The van der Waals surface area contributed by atoms with E-state index in [4.69, 9.17) is 4.74 Å². The Kier molecular flexibility index (Phi) is 6.34. The largest absolute Gasteiger partial charge is 0.476 e. The van der Waals surface area contributed by atoms with Crippen molar-refractivity contribution in [2.45, 2.75) is 63.1 Å². The molecule has 2 aromatic carbocycles. The zero-order chi connectivity index (χ0) is 25.7. The number of ether oxygens (including phenoxy) is 1. The van der Waals surface area contributed by atoms with Crippen LogP contribution in [0.1, 0.15) is 76.4 Å². The van der Waals surface area contributed by atoms with Crippen molar-refractivity contribution in [3.8, 4) is 0 Å². The third-order valence-electron chi connectivity index (χ3n) is 6.54. The number of alkyl halides is 5. The Labute approximate surface area is 197 Å². The lowest BCUT2D eigenvalue weighted by molar-refractivity contribution is -0.134. The van der Waals surface area contributed by atoms with Crippen LogP contribution in [0.3, 0.4) is 0 Å². The number of benzene rings is 2. The molecule has 0 fully saturated rings. The van der Waals surface area contributed by atoms with E-state index in [9.17, 15) is 26.7 Å². The summed E-state index contributed by atoms with van der Waals surface area (Å²) in [5, 5.41) is 0. The SMILES string of the molecule is C=C=C(C)O[C@H]1c2c(CCC(F)(F)F)ccc(C3CCC(=O)c4cc(F)cc(F)c43)c2CC1(F)F. The lowest BCUT2D eigenvalue weighted by Crippen LogP contribution is -2.24. The molecule has 0 aromatic heterocycles. The van der Waals surface area contributed by atoms with E-state index in [0.29, 0.717) is 6.07 Å². The Balaban J connectivity index is 1.90. The van der Waals surface area contributed by atoms with Gasteiger partial charge in [-0.3, -0.25) is 4.79 Å². The fraction of sp³-hybridized carbons (Fsp3) is 0.385. The van der Waals surface area contributed by atoms with Crippen molar-refractivity contribution in [1.29, 1.82) is 0 Å². The van der Waals surface area contributed by atoms with Crippen LogP contribution in [0, 0.1) is 11.6 Å². The van der Waals surface area contributed by atoms with Gasteiger partial charge in [-0.15, -0.1) is 0 Å². The number of carbonyl (C=O) groups is 1. The molecule has 0 amide bonds. The fourth-order valence-electron chi connectivity index (χ4n) is 5.01. The van der Waals surface area contributed by atoms with Gasteiger partial charge in [0.05, 0.1) is 0 Å². The molecule has 0 saturated heterocycles. The van der Waals surface area contributed by atoms with Gasteiger partial charge in [-0.1, -0.05) is 24.4 Å². The van der Waals surface area contributed by atoms with Crippen molar-refractivity contribution in [1.82, 2.24) is 0 Å². The summed E-state index contributed by atoms with van der Waals surface area (Å²) >= 11 is 0. The minimum Gasteiger partial charge on any atom is -0.476 e. The van der Waals surface area contributed by atoms with Gasteiger partial charge in [0.15, 0.2) is 11.9 Å². The highest BCUT2D eigenvalue weighted by Crippen LogP contribution is 2.52. The number of Topliss-reactive ketones (excluding diaryl/α,β-unsaturated/α-hetero) is 1. The Morgan fingerprint density at radius 3 is 2.57 bits per heavy atom. The summed E-state index contributed by atoms with van der Waals surface area (Å²) in [5.41, 5.74) is 2.40. The Morgan fingerprint density at radius 2 is 1.91 bits per heavy atom. The van der Waals surface area contributed by atoms with Crippen LogP contribution in [0.25, 0.3) is 0 Å². The van der Waals surface area contributed by atoms with Crippen molar-refractivity contribution >= 4 is 5.78 Å². The third kappa shape index (κ3) is 4.74. The second kappa shape index (κ2) is 8.86. The predicted octanol–water partition coefficient (Wildman–Crippen LogP) is 7.51. The second-order valence-electron chi connectivity index (χ2n) is 8.85. The van der Waals surface area contributed by atoms with E-state index in [1.54, 1.807) is 0 Å². The van der Waals surface area contributed by atoms with E-state index in [2.05, 4.69) is 12.3 Å². The molecule has 2 atom stereocenters. The molecule has 0 N–H and O–H groups in total. The van der Waals surface area contributed by atoms with Gasteiger partial charge in [-0.25, -0.2) is 17.6 Å². The maximum Gasteiger partial charge on any atom is 0.389 e. The highest BCUT2D eigenvalue weighted by molar-refractivity contribution is 5.99. The smallest absolute Gasteiger partial charge is 0.389 e. The van der Waals surface area contributed by atoms with E-state index in [1.807, 2.05) is 0 Å². The van der Waals surface area contributed by atoms with Gasteiger partial charge in [0.2, 0.25) is 0 Å². The van der Waals surface area contributed by atoms with Gasteiger partial charge in [0.1, 0.15) is 17.4 Å².